The third-order valence-electron chi connectivity index (χ3n) is 3.21. The van der Waals surface area contributed by atoms with E-state index in [0.717, 1.165) is 25.4 Å². The molecule has 1 aromatic rings. The van der Waals surface area contributed by atoms with E-state index in [2.05, 4.69) is 24.1 Å². The summed E-state index contributed by atoms with van der Waals surface area (Å²) in [6.07, 6.45) is 0. The number of nitrogen functional groups attached to an aromatic ring is 1. The molecule has 0 radical (unpaired) electrons. The van der Waals surface area contributed by atoms with Crippen molar-refractivity contribution in [2.45, 2.75) is 13.8 Å². The molecule has 134 valence electrons. The van der Waals surface area contributed by atoms with E-state index in [1.54, 1.807) is 37.1 Å². The van der Waals surface area contributed by atoms with Crippen molar-refractivity contribution in [1.29, 1.82) is 0 Å². The number of thioether (sulfide) groups is 1. The van der Waals surface area contributed by atoms with Gasteiger partial charge in [-0.3, -0.25) is 4.79 Å². The molecule has 8 heteroatoms. The van der Waals surface area contributed by atoms with Crippen LogP contribution in [0, 0.1) is 0 Å². The summed E-state index contributed by atoms with van der Waals surface area (Å²) in [5.74, 6) is 2.01. The Balaban J connectivity index is 0. The largest absolute Gasteiger partial charge is 0.497 e. The SMILES string of the molecule is CCN(CC)CCSCC(=O)Nc1cc(OC)ccc1N.Cl.Cl. The van der Waals surface area contributed by atoms with Gasteiger partial charge in [-0.05, 0) is 25.2 Å². The average molecular weight is 384 g/mol. The van der Waals surface area contributed by atoms with Gasteiger partial charge in [-0.1, -0.05) is 13.8 Å². The number of carbonyl (C=O) groups is 1. The normalized spacial score (nSPS) is 9.74. The van der Waals surface area contributed by atoms with Gasteiger partial charge in [0.15, 0.2) is 0 Å². The Kier molecular flexibility index (Phi) is 14.5. The van der Waals surface area contributed by atoms with Gasteiger partial charge in [0.25, 0.3) is 0 Å². The van der Waals surface area contributed by atoms with Crippen molar-refractivity contribution in [3.8, 4) is 5.75 Å². The molecule has 0 aromatic heterocycles. The molecule has 5 nitrogen and oxygen atoms in total. The van der Waals surface area contributed by atoms with Gasteiger partial charge in [0, 0.05) is 18.4 Å². The molecule has 0 saturated carbocycles. The molecule has 0 spiro atoms. The summed E-state index contributed by atoms with van der Waals surface area (Å²) in [5, 5.41) is 2.82. The van der Waals surface area contributed by atoms with Crippen molar-refractivity contribution in [3.63, 3.8) is 0 Å². The van der Waals surface area contributed by atoms with Gasteiger partial charge < -0.3 is 20.7 Å². The van der Waals surface area contributed by atoms with Crippen LogP contribution in [0.25, 0.3) is 0 Å². The number of rotatable bonds is 9. The molecular weight excluding hydrogens is 357 g/mol. The van der Waals surface area contributed by atoms with Crippen molar-refractivity contribution < 1.29 is 9.53 Å². The highest BCUT2D eigenvalue weighted by molar-refractivity contribution is 7.99. The Morgan fingerprint density at radius 1 is 1.30 bits per heavy atom. The fraction of sp³-hybridized carbons (Fsp3) is 0.533. The van der Waals surface area contributed by atoms with E-state index in [1.807, 2.05) is 0 Å². The lowest BCUT2D eigenvalue weighted by Crippen LogP contribution is -2.26. The number of benzene rings is 1. The molecule has 1 aromatic carbocycles. The van der Waals surface area contributed by atoms with E-state index < -0.39 is 0 Å². The molecule has 0 aliphatic carbocycles. The van der Waals surface area contributed by atoms with Crippen molar-refractivity contribution in [2.24, 2.45) is 0 Å². The third kappa shape index (κ3) is 9.15. The molecule has 0 bridgehead atoms. The minimum absolute atomic E-state index is 0. The quantitative estimate of drug-likeness (QED) is 0.506. The fourth-order valence-electron chi connectivity index (χ4n) is 1.86. The first kappa shape index (κ1) is 24.4. The van der Waals surface area contributed by atoms with Crippen LogP contribution in [0.1, 0.15) is 13.8 Å². The van der Waals surface area contributed by atoms with Crippen LogP contribution in [0.5, 0.6) is 5.75 Å². The van der Waals surface area contributed by atoms with Gasteiger partial charge in [0.2, 0.25) is 5.91 Å². The highest BCUT2D eigenvalue weighted by atomic mass is 35.5. The number of hydrogen-bond donors (Lipinski definition) is 2. The lowest BCUT2D eigenvalue weighted by atomic mass is 10.2. The van der Waals surface area contributed by atoms with Crippen LogP contribution < -0.4 is 15.8 Å². The second kappa shape index (κ2) is 13.6. The zero-order valence-electron chi connectivity index (χ0n) is 13.8. The maximum atomic E-state index is 11.9. The standard InChI is InChI=1S/C15H25N3O2S.2ClH/c1-4-18(5-2)8-9-21-11-15(19)17-14-10-12(20-3)6-7-13(14)16;;/h6-7,10H,4-5,8-9,11,16H2,1-3H3,(H,17,19);2*1H. The maximum absolute atomic E-state index is 11.9. The first-order valence-corrected chi connectivity index (χ1v) is 8.29. The van der Waals surface area contributed by atoms with Crippen molar-refractivity contribution in [3.05, 3.63) is 18.2 Å². The van der Waals surface area contributed by atoms with Crippen LogP contribution >= 0.6 is 36.6 Å². The van der Waals surface area contributed by atoms with Crippen LogP contribution in [-0.4, -0.2) is 49.1 Å². The van der Waals surface area contributed by atoms with E-state index in [0.29, 0.717) is 22.9 Å². The van der Waals surface area contributed by atoms with Gasteiger partial charge in [-0.2, -0.15) is 11.8 Å². The number of ether oxygens (including phenoxy) is 1. The predicted molar refractivity (Wildman–Crippen MR) is 106 cm³/mol. The molecule has 3 N–H and O–H groups in total. The minimum atomic E-state index is -0.0421. The Morgan fingerprint density at radius 2 is 1.96 bits per heavy atom. The van der Waals surface area contributed by atoms with Crippen molar-refractivity contribution in [2.75, 3.05) is 49.3 Å². The Labute approximate surface area is 155 Å². The molecule has 0 aliphatic heterocycles. The second-order valence-electron chi connectivity index (χ2n) is 4.58. The van der Waals surface area contributed by atoms with Gasteiger partial charge in [-0.25, -0.2) is 0 Å². The Hall–Kier alpha value is -0.820. The minimum Gasteiger partial charge on any atom is -0.497 e. The van der Waals surface area contributed by atoms with Crippen molar-refractivity contribution >= 4 is 53.9 Å². The predicted octanol–water partition coefficient (Wildman–Crippen LogP) is 3.13. The number of carbonyl (C=O) groups excluding carboxylic acids is 1. The van der Waals surface area contributed by atoms with Crippen LogP contribution in [0.15, 0.2) is 18.2 Å². The first-order valence-electron chi connectivity index (χ1n) is 7.14. The number of methoxy groups -OCH3 is 1. The molecule has 23 heavy (non-hydrogen) atoms. The number of nitrogens with zero attached hydrogens (tertiary/aromatic N) is 1. The summed E-state index contributed by atoms with van der Waals surface area (Å²) in [6, 6.07) is 5.22. The van der Waals surface area contributed by atoms with E-state index in [4.69, 9.17) is 10.5 Å². The molecule has 0 aliphatic rings. The van der Waals surface area contributed by atoms with E-state index in [9.17, 15) is 4.79 Å². The van der Waals surface area contributed by atoms with E-state index in [-0.39, 0.29) is 30.7 Å². The molecule has 0 fully saturated rings. The summed E-state index contributed by atoms with van der Waals surface area (Å²) in [5.41, 5.74) is 6.98. The summed E-state index contributed by atoms with van der Waals surface area (Å²) in [6.45, 7) is 7.39. The zero-order chi connectivity index (χ0) is 15.7. The van der Waals surface area contributed by atoms with Crippen LogP contribution in [0.3, 0.4) is 0 Å². The number of anilines is 2. The van der Waals surface area contributed by atoms with E-state index >= 15 is 0 Å². The smallest absolute Gasteiger partial charge is 0.234 e. The first-order chi connectivity index (χ1) is 10.1. The summed E-state index contributed by atoms with van der Waals surface area (Å²) in [7, 11) is 1.58. The van der Waals surface area contributed by atoms with Crippen LogP contribution in [0.4, 0.5) is 11.4 Å². The van der Waals surface area contributed by atoms with E-state index in [1.165, 1.54) is 0 Å². The topological polar surface area (TPSA) is 67.6 Å². The third-order valence-corrected chi connectivity index (χ3v) is 4.15. The zero-order valence-corrected chi connectivity index (χ0v) is 16.3. The number of nitrogens with one attached hydrogen (secondary N) is 1. The summed E-state index contributed by atoms with van der Waals surface area (Å²) in [4.78, 5) is 14.2. The summed E-state index contributed by atoms with van der Waals surface area (Å²) >= 11 is 1.63. The highest BCUT2D eigenvalue weighted by Gasteiger charge is 2.07. The fourth-order valence-corrected chi connectivity index (χ4v) is 2.64. The second-order valence-corrected chi connectivity index (χ2v) is 5.69. The van der Waals surface area contributed by atoms with Crippen molar-refractivity contribution in [1.82, 2.24) is 4.90 Å². The monoisotopic (exact) mass is 383 g/mol. The van der Waals surface area contributed by atoms with Gasteiger partial charge in [0.05, 0.1) is 24.2 Å². The number of halogens is 2. The Morgan fingerprint density at radius 3 is 2.52 bits per heavy atom. The lowest BCUT2D eigenvalue weighted by molar-refractivity contribution is -0.113. The number of nitrogens with two attached hydrogens (primary N) is 1. The average Bonchev–Trinajstić information content (AvgIpc) is 2.49. The van der Waals surface area contributed by atoms with Gasteiger partial charge in [0.1, 0.15) is 5.75 Å². The number of amides is 1. The highest BCUT2D eigenvalue weighted by Crippen LogP contribution is 2.24. The molecular formula is C15H27Cl2N3O2S. The molecule has 1 rings (SSSR count). The maximum Gasteiger partial charge on any atom is 0.234 e. The molecule has 1 amide bonds. The number of hydrogen-bond acceptors (Lipinski definition) is 5. The van der Waals surface area contributed by atoms with Gasteiger partial charge in [-0.15, -0.1) is 24.8 Å². The Bertz CT molecular complexity index is 460. The molecule has 0 atom stereocenters. The molecule has 0 saturated heterocycles. The molecule has 0 unspecified atom stereocenters. The molecule has 0 heterocycles. The summed E-state index contributed by atoms with van der Waals surface area (Å²) < 4.78 is 5.12. The van der Waals surface area contributed by atoms with Gasteiger partial charge >= 0.3 is 0 Å². The van der Waals surface area contributed by atoms with Crippen LogP contribution in [0.2, 0.25) is 0 Å². The lowest BCUT2D eigenvalue weighted by Gasteiger charge is -2.17. The van der Waals surface area contributed by atoms with Crippen LogP contribution in [-0.2, 0) is 4.79 Å².